The van der Waals surface area contributed by atoms with Crippen molar-refractivity contribution in [3.05, 3.63) is 35.0 Å². The van der Waals surface area contributed by atoms with Crippen molar-refractivity contribution in [2.45, 2.75) is 25.1 Å². The Morgan fingerprint density at radius 1 is 1.47 bits per heavy atom. The van der Waals surface area contributed by atoms with Gasteiger partial charge in [0.15, 0.2) is 0 Å². The van der Waals surface area contributed by atoms with E-state index in [-0.39, 0.29) is 5.91 Å². The van der Waals surface area contributed by atoms with Crippen LogP contribution in [0.2, 0.25) is 5.02 Å². The second-order valence-electron chi connectivity index (χ2n) is 4.88. The minimum Gasteiger partial charge on any atom is -0.323 e. The molecule has 1 heterocycles. The molecule has 0 aliphatic rings. The van der Waals surface area contributed by atoms with Gasteiger partial charge in [0.25, 0.3) is 0 Å². The minimum atomic E-state index is -0.657. The molecule has 1 amide bonds. The number of amides is 1. The maximum absolute atomic E-state index is 12.1. The number of fused-ring (bicyclic) bond motifs is 1. The fourth-order valence-electron chi connectivity index (χ4n) is 1.77. The molecule has 0 saturated heterocycles. The Labute approximate surface area is 125 Å². The number of halogens is 2. The first-order valence-corrected chi connectivity index (χ1v) is 7.02. The van der Waals surface area contributed by atoms with Gasteiger partial charge in [0.2, 0.25) is 5.91 Å². The molecule has 0 radical (unpaired) electrons. The highest BCUT2D eigenvalue weighted by molar-refractivity contribution is 9.10. The van der Waals surface area contributed by atoms with Crippen molar-refractivity contribution in [1.82, 2.24) is 4.98 Å². The zero-order valence-corrected chi connectivity index (χ0v) is 13.3. The van der Waals surface area contributed by atoms with Crippen LogP contribution < -0.4 is 5.32 Å². The lowest BCUT2D eigenvalue weighted by molar-refractivity contribution is -0.117. The van der Waals surface area contributed by atoms with Crippen molar-refractivity contribution in [3.8, 4) is 0 Å². The summed E-state index contributed by atoms with van der Waals surface area (Å²) in [5, 5.41) is 4.22. The highest BCUT2D eigenvalue weighted by Gasteiger charge is 2.25. The highest BCUT2D eigenvalue weighted by atomic mass is 79.9. The van der Waals surface area contributed by atoms with Gasteiger partial charge >= 0.3 is 0 Å². The lowest BCUT2D eigenvalue weighted by atomic mass is 10.1. The monoisotopic (exact) mass is 340 g/mol. The van der Waals surface area contributed by atoms with Crippen LogP contribution in [0.3, 0.4) is 0 Å². The smallest absolute Gasteiger partial charge is 0.240 e. The first-order valence-electron chi connectivity index (χ1n) is 5.85. The van der Waals surface area contributed by atoms with Crippen LogP contribution in [-0.2, 0) is 4.79 Å². The molecule has 2 aromatic rings. The van der Waals surface area contributed by atoms with Gasteiger partial charge in [0.05, 0.1) is 20.6 Å². The number of nitrogens with one attached hydrogen (secondary N) is 1. The first kappa shape index (κ1) is 14.3. The summed E-state index contributed by atoms with van der Waals surface area (Å²) in [5.74, 6) is -0.150. The summed E-state index contributed by atoms with van der Waals surface area (Å²) >= 11 is 9.58. The van der Waals surface area contributed by atoms with Crippen LogP contribution in [0.15, 0.2) is 24.4 Å². The van der Waals surface area contributed by atoms with Crippen LogP contribution >= 0.6 is 27.5 Å². The second-order valence-corrected chi connectivity index (χ2v) is 7.27. The number of benzene rings is 1. The minimum absolute atomic E-state index is 0.150. The molecule has 0 saturated carbocycles. The van der Waals surface area contributed by atoms with E-state index in [1.807, 2.05) is 25.1 Å². The van der Waals surface area contributed by atoms with Gasteiger partial charge in [-0.1, -0.05) is 27.5 Å². The van der Waals surface area contributed by atoms with Crippen molar-refractivity contribution in [2.24, 2.45) is 0 Å². The molecular weight excluding hydrogens is 328 g/mol. The molecular formula is C14H14BrClN2O. The number of aromatic nitrogens is 1. The summed E-state index contributed by atoms with van der Waals surface area (Å²) in [7, 11) is 0. The third kappa shape index (κ3) is 2.90. The molecule has 0 spiro atoms. The van der Waals surface area contributed by atoms with Gasteiger partial charge in [0.1, 0.15) is 0 Å². The Morgan fingerprint density at radius 2 is 2.16 bits per heavy atom. The van der Waals surface area contributed by atoms with E-state index in [4.69, 9.17) is 11.6 Å². The topological polar surface area (TPSA) is 42.0 Å². The molecule has 0 fully saturated rings. The van der Waals surface area contributed by atoms with Gasteiger partial charge in [-0.2, -0.15) is 0 Å². The average molecular weight is 342 g/mol. The van der Waals surface area contributed by atoms with Crippen molar-refractivity contribution in [1.29, 1.82) is 0 Å². The highest BCUT2D eigenvalue weighted by Crippen LogP contribution is 2.33. The molecule has 0 aliphatic heterocycles. The van der Waals surface area contributed by atoms with Gasteiger partial charge in [-0.25, -0.2) is 0 Å². The Bertz CT molecular complexity index is 650. The number of rotatable bonds is 2. The average Bonchev–Trinajstić information content (AvgIpc) is 2.33. The zero-order chi connectivity index (χ0) is 14.2. The summed E-state index contributed by atoms with van der Waals surface area (Å²) in [4.78, 5) is 16.4. The fourth-order valence-corrected chi connectivity index (χ4v) is 2.18. The predicted octanol–water partition coefficient (Wildman–Crippen LogP) is 4.31. The molecule has 5 heteroatoms. The van der Waals surface area contributed by atoms with Crippen molar-refractivity contribution in [3.63, 3.8) is 0 Å². The SMILES string of the molecule is Cc1cc(Cl)c(NC(=O)C(C)(C)Br)c2cccnc12. The van der Waals surface area contributed by atoms with Gasteiger partial charge < -0.3 is 5.32 Å². The quantitative estimate of drug-likeness (QED) is 0.827. The number of nitrogens with zero attached hydrogens (tertiary/aromatic N) is 1. The maximum atomic E-state index is 12.1. The molecule has 100 valence electrons. The zero-order valence-electron chi connectivity index (χ0n) is 10.9. The van der Waals surface area contributed by atoms with E-state index in [0.717, 1.165) is 16.5 Å². The van der Waals surface area contributed by atoms with E-state index < -0.39 is 4.32 Å². The molecule has 0 unspecified atom stereocenters. The molecule has 0 bridgehead atoms. The Kier molecular flexibility index (Phi) is 3.83. The Hall–Kier alpha value is -1.13. The number of anilines is 1. The Balaban J connectivity index is 2.58. The summed E-state index contributed by atoms with van der Waals surface area (Å²) < 4.78 is -0.657. The van der Waals surface area contributed by atoms with E-state index in [2.05, 4.69) is 26.2 Å². The van der Waals surface area contributed by atoms with E-state index >= 15 is 0 Å². The molecule has 2 rings (SSSR count). The van der Waals surface area contributed by atoms with E-state index in [1.165, 1.54) is 0 Å². The van der Waals surface area contributed by atoms with E-state index in [0.29, 0.717) is 10.7 Å². The van der Waals surface area contributed by atoms with E-state index in [9.17, 15) is 4.79 Å². The van der Waals surface area contributed by atoms with Gasteiger partial charge in [-0.3, -0.25) is 9.78 Å². The molecule has 3 nitrogen and oxygen atoms in total. The number of carbonyl (C=O) groups excluding carboxylic acids is 1. The van der Waals surface area contributed by atoms with Crippen molar-refractivity contribution < 1.29 is 4.79 Å². The molecule has 19 heavy (non-hydrogen) atoms. The van der Waals surface area contributed by atoms with Crippen molar-refractivity contribution in [2.75, 3.05) is 5.32 Å². The van der Waals surface area contributed by atoms with E-state index in [1.54, 1.807) is 20.0 Å². The third-order valence-electron chi connectivity index (χ3n) is 2.81. The lowest BCUT2D eigenvalue weighted by Crippen LogP contribution is -2.31. The third-order valence-corrected chi connectivity index (χ3v) is 3.47. The normalized spacial score (nSPS) is 11.6. The van der Waals surface area contributed by atoms with Gasteiger partial charge in [0, 0.05) is 11.6 Å². The predicted molar refractivity (Wildman–Crippen MR) is 83.1 cm³/mol. The van der Waals surface area contributed by atoms with Crippen LogP contribution in [0.4, 0.5) is 5.69 Å². The number of pyridine rings is 1. The molecule has 1 N–H and O–H groups in total. The fraction of sp³-hybridized carbons (Fsp3) is 0.286. The van der Waals surface area contributed by atoms with Crippen molar-refractivity contribution >= 4 is 50.0 Å². The molecule has 0 aliphatic carbocycles. The number of alkyl halides is 1. The number of carbonyl (C=O) groups is 1. The van der Waals surface area contributed by atoms with Gasteiger partial charge in [-0.15, -0.1) is 0 Å². The van der Waals surface area contributed by atoms with Gasteiger partial charge in [-0.05, 0) is 44.5 Å². The summed E-state index contributed by atoms with van der Waals surface area (Å²) in [6.45, 7) is 5.51. The summed E-state index contributed by atoms with van der Waals surface area (Å²) in [5.41, 5.74) is 2.43. The standard InChI is InChI=1S/C14H14BrClN2O/c1-8-7-10(16)12(18-13(19)14(2,3)15)9-5-4-6-17-11(8)9/h4-7H,1-3H3,(H,18,19). The van der Waals surface area contributed by atoms with Crippen LogP contribution in [-0.4, -0.2) is 15.2 Å². The summed E-state index contributed by atoms with van der Waals surface area (Å²) in [6, 6.07) is 5.54. The summed E-state index contributed by atoms with van der Waals surface area (Å²) in [6.07, 6.45) is 1.73. The van der Waals surface area contributed by atoms with Crippen LogP contribution in [0.25, 0.3) is 10.9 Å². The lowest BCUT2D eigenvalue weighted by Gasteiger charge is -2.18. The largest absolute Gasteiger partial charge is 0.323 e. The van der Waals surface area contributed by atoms with Crippen LogP contribution in [0.1, 0.15) is 19.4 Å². The molecule has 1 aromatic carbocycles. The maximum Gasteiger partial charge on any atom is 0.240 e. The Morgan fingerprint density at radius 3 is 2.79 bits per heavy atom. The van der Waals surface area contributed by atoms with Crippen LogP contribution in [0.5, 0.6) is 0 Å². The molecule has 0 atom stereocenters. The van der Waals surface area contributed by atoms with Crippen LogP contribution in [0, 0.1) is 6.92 Å². The first-order chi connectivity index (χ1) is 8.80. The number of aryl methyl sites for hydroxylation is 1. The number of hydrogen-bond acceptors (Lipinski definition) is 2. The second kappa shape index (κ2) is 5.10. The molecule has 1 aromatic heterocycles. The number of hydrogen-bond donors (Lipinski definition) is 1.